The number of nitrogens with two attached hydrogens (primary N) is 1. The van der Waals surface area contributed by atoms with Gasteiger partial charge >= 0.3 is 12.0 Å². The number of carboxylic acid groups (broad SMARTS) is 1. The van der Waals surface area contributed by atoms with Crippen LogP contribution in [0.4, 0.5) is 9.93 Å². The molecule has 5 heterocycles. The molecule has 3 aromatic heterocycles. The fourth-order valence-electron chi connectivity index (χ4n) is 4.91. The molecule has 2 atom stereocenters. The number of nitrogens with one attached hydrogen (secondary N) is 4. The summed E-state index contributed by atoms with van der Waals surface area (Å²) in [5.41, 5.74) is 9.31. The van der Waals surface area contributed by atoms with Crippen molar-refractivity contribution in [2.45, 2.75) is 38.4 Å². The molecule has 46 heavy (non-hydrogen) atoms. The number of aliphatic carboxylic acids is 1. The molecule has 0 aliphatic carbocycles. The van der Waals surface area contributed by atoms with Crippen LogP contribution in [-0.2, 0) is 32.3 Å². The summed E-state index contributed by atoms with van der Waals surface area (Å²) in [4.78, 5) is 63.5. The summed E-state index contributed by atoms with van der Waals surface area (Å²) in [6.45, 7) is 4.19. The zero-order valence-corrected chi connectivity index (χ0v) is 26.1. The third-order valence-electron chi connectivity index (χ3n) is 7.11. The van der Waals surface area contributed by atoms with Crippen LogP contribution < -0.4 is 26.3 Å². The Morgan fingerprint density at radius 2 is 2.11 bits per heavy atom. The lowest BCUT2D eigenvalue weighted by Crippen LogP contribution is -2.71. The van der Waals surface area contributed by atoms with E-state index in [0.717, 1.165) is 33.9 Å². The highest BCUT2D eigenvalue weighted by Crippen LogP contribution is 2.40. The summed E-state index contributed by atoms with van der Waals surface area (Å²) in [6.07, 6.45) is 7.00. The molecule has 0 aromatic carbocycles. The Bertz CT molecular complexity index is 1790. The normalized spacial score (nSPS) is 17.5. The summed E-state index contributed by atoms with van der Waals surface area (Å²) in [5.74, 6) is -2.30. The number of carbonyl (C=O) groups is 4. The first-order valence-corrected chi connectivity index (χ1v) is 15.5. The van der Waals surface area contributed by atoms with Crippen molar-refractivity contribution in [1.82, 2.24) is 35.2 Å². The number of carboxylic acids is 1. The van der Waals surface area contributed by atoms with Crippen molar-refractivity contribution in [2.24, 2.45) is 5.16 Å². The van der Waals surface area contributed by atoms with Gasteiger partial charge in [-0.25, -0.2) is 19.5 Å². The highest BCUT2D eigenvalue weighted by atomic mass is 32.2. The number of aromatic nitrogens is 4. The summed E-state index contributed by atoms with van der Waals surface area (Å²) in [7, 11) is 0. The maximum Gasteiger partial charge on any atom is 0.352 e. The van der Waals surface area contributed by atoms with Crippen molar-refractivity contribution < 1.29 is 33.7 Å². The number of fused-ring (bicyclic) bond motifs is 1. The number of nitrogen functional groups attached to an aromatic ring is 1. The third-order valence-corrected chi connectivity index (χ3v) is 8.99. The van der Waals surface area contributed by atoms with Gasteiger partial charge in [0, 0.05) is 52.4 Å². The van der Waals surface area contributed by atoms with E-state index < -0.39 is 35.2 Å². The van der Waals surface area contributed by atoms with Crippen LogP contribution in [0.5, 0.6) is 0 Å². The van der Waals surface area contributed by atoms with Gasteiger partial charge in [-0.2, -0.15) is 14.6 Å². The van der Waals surface area contributed by atoms with E-state index in [1.54, 1.807) is 13.1 Å². The average molecular weight is 667 g/mol. The molecule has 0 bridgehead atoms. The first-order valence-electron chi connectivity index (χ1n) is 13.7. The molecular formula is C27H28N11O6S2+. The number of pyridine rings is 1. The van der Waals surface area contributed by atoms with Crippen molar-refractivity contribution in [3.05, 3.63) is 59.1 Å². The molecule has 7 N–H and O–H groups in total. The molecule has 4 amide bonds. The average Bonchev–Trinajstić information content (AvgIpc) is 3.63. The van der Waals surface area contributed by atoms with Crippen LogP contribution in [0.2, 0.25) is 0 Å². The molecule has 1 fully saturated rings. The van der Waals surface area contributed by atoms with Crippen molar-refractivity contribution in [3.63, 3.8) is 0 Å². The lowest BCUT2D eigenvalue weighted by atomic mass is 10.0. The van der Waals surface area contributed by atoms with Crippen LogP contribution in [-0.4, -0.2) is 77.6 Å². The second-order valence-corrected chi connectivity index (χ2v) is 11.8. The number of aromatic amines is 1. The van der Waals surface area contributed by atoms with E-state index in [0.29, 0.717) is 11.3 Å². The highest BCUT2D eigenvalue weighted by Gasteiger charge is 2.55. The van der Waals surface area contributed by atoms with Gasteiger partial charge in [-0.1, -0.05) is 5.16 Å². The largest absolute Gasteiger partial charge is 0.477 e. The van der Waals surface area contributed by atoms with E-state index in [4.69, 9.17) is 15.8 Å². The van der Waals surface area contributed by atoms with Crippen LogP contribution in [0.25, 0.3) is 11.1 Å². The first kappa shape index (κ1) is 31.9. The van der Waals surface area contributed by atoms with Crippen LogP contribution >= 0.6 is 23.3 Å². The number of carbonyl (C=O) groups excluding carboxylic acids is 3. The SMILES string of the molecule is CCO/N=C(/C(=O)NC1C(=O)N2C(C(=O)O)=C(C[n+]3ccc(-c4c[nH]c(CNC(=O)NC#N)c4C)cc3)CSC12)c1nsc(N)n1. The van der Waals surface area contributed by atoms with Gasteiger partial charge in [-0.15, -0.1) is 11.8 Å². The van der Waals surface area contributed by atoms with Gasteiger partial charge in [-0.3, -0.25) is 14.5 Å². The number of β-lactam (4-membered cyclic amide) rings is 1. The summed E-state index contributed by atoms with van der Waals surface area (Å²) < 4.78 is 5.80. The number of urea groups is 1. The summed E-state index contributed by atoms with van der Waals surface area (Å²) in [5, 5.41) is 29.1. The molecule has 238 valence electrons. The van der Waals surface area contributed by atoms with Gasteiger partial charge in [0.05, 0.1) is 6.54 Å². The summed E-state index contributed by atoms with van der Waals surface area (Å²) >= 11 is 2.21. The molecule has 0 saturated carbocycles. The van der Waals surface area contributed by atoms with Gasteiger partial charge in [0.15, 0.2) is 30.3 Å². The maximum absolute atomic E-state index is 13.2. The van der Waals surface area contributed by atoms with Crippen molar-refractivity contribution >= 4 is 58.0 Å². The van der Waals surface area contributed by atoms with Crippen LogP contribution in [0.15, 0.2) is 47.1 Å². The van der Waals surface area contributed by atoms with Crippen LogP contribution in [0.1, 0.15) is 24.0 Å². The minimum Gasteiger partial charge on any atom is -0.477 e. The van der Waals surface area contributed by atoms with Gasteiger partial charge in [0.25, 0.3) is 11.8 Å². The molecule has 1 saturated heterocycles. The van der Waals surface area contributed by atoms with Gasteiger partial charge < -0.3 is 31.3 Å². The lowest BCUT2D eigenvalue weighted by molar-refractivity contribution is -0.689. The highest BCUT2D eigenvalue weighted by molar-refractivity contribution is 8.00. The number of nitriles is 1. The Balaban J connectivity index is 1.27. The maximum atomic E-state index is 13.2. The third kappa shape index (κ3) is 6.47. The van der Waals surface area contributed by atoms with E-state index in [1.165, 1.54) is 16.7 Å². The minimum atomic E-state index is -1.25. The lowest BCUT2D eigenvalue weighted by Gasteiger charge is -2.49. The molecule has 17 nitrogen and oxygen atoms in total. The molecule has 0 spiro atoms. The number of rotatable bonds is 11. The van der Waals surface area contributed by atoms with E-state index in [-0.39, 0.29) is 42.1 Å². The van der Waals surface area contributed by atoms with Gasteiger partial charge in [-0.05, 0) is 25.0 Å². The van der Waals surface area contributed by atoms with E-state index >= 15 is 0 Å². The van der Waals surface area contributed by atoms with Crippen molar-refractivity contribution in [3.8, 4) is 17.3 Å². The molecule has 3 aromatic rings. The number of nitrogens with zero attached hydrogens (tertiary/aromatic N) is 6. The predicted octanol–water partition coefficient (Wildman–Crippen LogP) is 0.171. The Kier molecular flexibility index (Phi) is 9.48. The zero-order chi connectivity index (χ0) is 33.0. The van der Waals surface area contributed by atoms with Crippen molar-refractivity contribution in [1.29, 1.82) is 5.26 Å². The van der Waals surface area contributed by atoms with Gasteiger partial charge in [0.1, 0.15) is 23.7 Å². The molecule has 2 aliphatic heterocycles. The van der Waals surface area contributed by atoms with Crippen molar-refractivity contribution in [2.75, 3.05) is 18.1 Å². The second kappa shape index (κ2) is 13.7. The molecule has 5 rings (SSSR count). The topological polar surface area (TPSA) is 245 Å². The molecule has 2 aliphatic rings. The molecule has 0 radical (unpaired) electrons. The molecule has 19 heteroatoms. The zero-order valence-electron chi connectivity index (χ0n) is 24.4. The van der Waals surface area contributed by atoms with E-state index in [1.807, 2.05) is 47.5 Å². The second-order valence-electron chi connectivity index (χ2n) is 9.92. The standard InChI is InChI=1S/C27H27N11O6S2/c1-3-44-35-18(21-34-26(29)46-36-21)22(39)33-19-23(40)38-20(25(41)42)15(11-45-24(19)38)10-37-6-4-14(5-7-37)16-8-30-17(13(16)2)9-31-27(43)32-12-28/h4-8,19,24H,3,9-11H2,1-2H3,(H6,29,31,32,33,34,36,39,41,42,43)/p+1/b35-18+. The monoisotopic (exact) mass is 666 g/mol. The first-order chi connectivity index (χ1) is 22.1. The van der Waals surface area contributed by atoms with E-state index in [2.05, 4.69) is 30.1 Å². The number of amides is 4. The number of H-pyrrole nitrogens is 1. The number of thioether (sulfide) groups is 1. The molecule has 2 unspecified atom stereocenters. The Hall–Kier alpha value is -5.48. The fraction of sp³-hybridized carbons (Fsp3) is 0.296. The van der Waals surface area contributed by atoms with Crippen LogP contribution in [0, 0.1) is 18.4 Å². The number of anilines is 1. The number of hydrogen-bond acceptors (Lipinski definition) is 12. The minimum absolute atomic E-state index is 0.0463. The Labute approximate surface area is 269 Å². The predicted molar refractivity (Wildman–Crippen MR) is 164 cm³/mol. The number of hydrogen-bond donors (Lipinski definition) is 6. The Morgan fingerprint density at radius 1 is 1.35 bits per heavy atom. The molecular weight excluding hydrogens is 639 g/mol. The van der Waals surface area contributed by atoms with E-state index in [9.17, 15) is 24.3 Å². The smallest absolute Gasteiger partial charge is 0.352 e. The number of oxime groups is 1. The fourth-order valence-corrected chi connectivity index (χ4v) is 6.68. The Morgan fingerprint density at radius 3 is 2.76 bits per heavy atom. The quantitative estimate of drug-likeness (QED) is 0.0402. The summed E-state index contributed by atoms with van der Waals surface area (Å²) in [6, 6.07) is 2.16. The van der Waals surface area contributed by atoms with Gasteiger partial charge in [0.2, 0.25) is 11.5 Å². The van der Waals surface area contributed by atoms with Crippen LogP contribution in [0.3, 0.4) is 0 Å².